The van der Waals surface area contributed by atoms with Crippen molar-refractivity contribution in [2.75, 3.05) is 14.1 Å². The van der Waals surface area contributed by atoms with Crippen LogP contribution in [0.1, 0.15) is 17.9 Å². The third kappa shape index (κ3) is 2.79. The van der Waals surface area contributed by atoms with Crippen LogP contribution in [0, 0.1) is 0 Å². The SMILES string of the molecule is CNC(=O)CC(C(=O)NC)c1cccc2ccccc12. The van der Waals surface area contributed by atoms with Crippen LogP contribution < -0.4 is 10.6 Å². The summed E-state index contributed by atoms with van der Waals surface area (Å²) >= 11 is 0. The molecular weight excluding hydrogens is 252 g/mol. The first-order valence-electron chi connectivity index (χ1n) is 6.57. The van der Waals surface area contributed by atoms with Gasteiger partial charge < -0.3 is 10.6 Å². The zero-order valence-corrected chi connectivity index (χ0v) is 11.6. The highest BCUT2D eigenvalue weighted by Crippen LogP contribution is 2.28. The Morgan fingerprint density at radius 1 is 1.00 bits per heavy atom. The van der Waals surface area contributed by atoms with E-state index in [2.05, 4.69) is 10.6 Å². The molecule has 1 unspecified atom stereocenters. The van der Waals surface area contributed by atoms with E-state index in [1.807, 2.05) is 42.5 Å². The fourth-order valence-corrected chi connectivity index (χ4v) is 2.36. The molecule has 0 radical (unpaired) electrons. The molecule has 1 atom stereocenters. The molecule has 0 saturated heterocycles. The maximum Gasteiger partial charge on any atom is 0.227 e. The summed E-state index contributed by atoms with van der Waals surface area (Å²) in [4.78, 5) is 23.8. The summed E-state index contributed by atoms with van der Waals surface area (Å²) in [7, 11) is 3.16. The van der Waals surface area contributed by atoms with Crippen LogP contribution in [0.4, 0.5) is 0 Å². The molecule has 0 aliphatic carbocycles. The molecule has 20 heavy (non-hydrogen) atoms. The minimum atomic E-state index is -0.481. The predicted octanol–water partition coefficient (Wildman–Crippen LogP) is 1.81. The van der Waals surface area contributed by atoms with Crippen LogP contribution in [0.15, 0.2) is 42.5 Å². The molecule has 0 aliphatic heterocycles. The summed E-state index contributed by atoms with van der Waals surface area (Å²) in [5.74, 6) is -0.775. The number of rotatable bonds is 4. The molecule has 0 aromatic heterocycles. The number of amides is 2. The smallest absolute Gasteiger partial charge is 0.227 e. The molecule has 0 spiro atoms. The second kappa shape index (κ2) is 6.19. The summed E-state index contributed by atoms with van der Waals surface area (Å²) < 4.78 is 0. The largest absolute Gasteiger partial charge is 0.359 e. The maximum atomic E-state index is 12.1. The van der Waals surface area contributed by atoms with E-state index in [-0.39, 0.29) is 18.2 Å². The molecule has 0 bridgehead atoms. The van der Waals surface area contributed by atoms with Crippen molar-refractivity contribution in [3.8, 4) is 0 Å². The third-order valence-electron chi connectivity index (χ3n) is 3.43. The van der Waals surface area contributed by atoms with Crippen molar-refractivity contribution in [2.24, 2.45) is 0 Å². The van der Waals surface area contributed by atoms with Gasteiger partial charge in [0.15, 0.2) is 0 Å². The highest BCUT2D eigenvalue weighted by molar-refractivity contribution is 5.95. The van der Waals surface area contributed by atoms with Crippen molar-refractivity contribution in [2.45, 2.75) is 12.3 Å². The predicted molar refractivity (Wildman–Crippen MR) is 79.4 cm³/mol. The number of benzene rings is 2. The standard InChI is InChI=1S/C16H18N2O2/c1-17-15(19)10-14(16(20)18-2)13-9-5-7-11-6-3-4-8-12(11)13/h3-9,14H,10H2,1-2H3,(H,17,19)(H,18,20). The number of hydrogen-bond acceptors (Lipinski definition) is 2. The van der Waals surface area contributed by atoms with Gasteiger partial charge in [0.05, 0.1) is 5.92 Å². The molecule has 2 amide bonds. The van der Waals surface area contributed by atoms with E-state index in [9.17, 15) is 9.59 Å². The molecule has 0 heterocycles. The fraction of sp³-hybridized carbons (Fsp3) is 0.250. The van der Waals surface area contributed by atoms with Crippen LogP contribution >= 0.6 is 0 Å². The lowest BCUT2D eigenvalue weighted by Gasteiger charge is -2.17. The molecule has 4 nitrogen and oxygen atoms in total. The Morgan fingerprint density at radius 2 is 1.70 bits per heavy atom. The van der Waals surface area contributed by atoms with E-state index in [0.717, 1.165) is 16.3 Å². The molecule has 2 rings (SSSR count). The van der Waals surface area contributed by atoms with E-state index in [0.29, 0.717) is 0 Å². The van der Waals surface area contributed by atoms with Crippen molar-refractivity contribution in [3.05, 3.63) is 48.0 Å². The van der Waals surface area contributed by atoms with Gasteiger partial charge in [-0.1, -0.05) is 42.5 Å². The Kier molecular flexibility index (Phi) is 4.35. The van der Waals surface area contributed by atoms with Crippen LogP contribution in [0.25, 0.3) is 10.8 Å². The highest BCUT2D eigenvalue weighted by Gasteiger charge is 2.24. The normalized spacial score (nSPS) is 11.9. The van der Waals surface area contributed by atoms with Crippen LogP contribution in [-0.2, 0) is 9.59 Å². The zero-order chi connectivity index (χ0) is 14.5. The van der Waals surface area contributed by atoms with Gasteiger partial charge in [-0.2, -0.15) is 0 Å². The highest BCUT2D eigenvalue weighted by atomic mass is 16.2. The first kappa shape index (κ1) is 14.1. The van der Waals surface area contributed by atoms with Crippen LogP contribution in [0.3, 0.4) is 0 Å². The van der Waals surface area contributed by atoms with Gasteiger partial charge in [0.2, 0.25) is 11.8 Å². The van der Waals surface area contributed by atoms with Crippen molar-refractivity contribution in [1.82, 2.24) is 10.6 Å². The topological polar surface area (TPSA) is 58.2 Å². The lowest BCUT2D eigenvalue weighted by Crippen LogP contribution is -2.30. The van der Waals surface area contributed by atoms with Crippen molar-refractivity contribution in [3.63, 3.8) is 0 Å². The number of carbonyl (C=O) groups is 2. The fourth-order valence-electron chi connectivity index (χ4n) is 2.36. The molecule has 0 aliphatic rings. The molecule has 2 N–H and O–H groups in total. The maximum absolute atomic E-state index is 12.1. The Bertz CT molecular complexity index is 632. The number of likely N-dealkylation sites (N-methyl/N-ethyl adjacent to an activating group) is 1. The molecule has 4 heteroatoms. The van der Waals surface area contributed by atoms with Gasteiger partial charge in [-0.25, -0.2) is 0 Å². The Labute approximate surface area is 118 Å². The number of hydrogen-bond donors (Lipinski definition) is 2. The quantitative estimate of drug-likeness (QED) is 0.890. The molecule has 2 aromatic rings. The van der Waals surface area contributed by atoms with Gasteiger partial charge >= 0.3 is 0 Å². The Hall–Kier alpha value is -2.36. The van der Waals surface area contributed by atoms with Crippen molar-refractivity contribution < 1.29 is 9.59 Å². The second-order valence-electron chi connectivity index (χ2n) is 4.61. The van der Waals surface area contributed by atoms with Gasteiger partial charge in [0.25, 0.3) is 0 Å². The van der Waals surface area contributed by atoms with Crippen LogP contribution in [-0.4, -0.2) is 25.9 Å². The molecular formula is C16H18N2O2. The molecule has 2 aromatic carbocycles. The van der Waals surface area contributed by atoms with E-state index in [4.69, 9.17) is 0 Å². The van der Waals surface area contributed by atoms with Gasteiger partial charge in [-0.15, -0.1) is 0 Å². The van der Waals surface area contributed by atoms with Gasteiger partial charge in [0, 0.05) is 20.5 Å². The minimum absolute atomic E-state index is 0.143. The second-order valence-corrected chi connectivity index (χ2v) is 4.61. The monoisotopic (exact) mass is 270 g/mol. The van der Waals surface area contributed by atoms with Crippen molar-refractivity contribution >= 4 is 22.6 Å². The average Bonchev–Trinajstić information content (AvgIpc) is 2.51. The lowest BCUT2D eigenvalue weighted by molar-refractivity contribution is -0.127. The number of fused-ring (bicyclic) bond motifs is 1. The Balaban J connectivity index is 2.50. The van der Waals surface area contributed by atoms with E-state index < -0.39 is 5.92 Å². The zero-order valence-electron chi connectivity index (χ0n) is 11.6. The van der Waals surface area contributed by atoms with Crippen LogP contribution in [0.5, 0.6) is 0 Å². The van der Waals surface area contributed by atoms with E-state index in [1.165, 1.54) is 0 Å². The summed E-state index contributed by atoms with van der Waals surface area (Å²) in [5.41, 5.74) is 0.881. The summed E-state index contributed by atoms with van der Waals surface area (Å²) in [6, 6.07) is 13.7. The average molecular weight is 270 g/mol. The van der Waals surface area contributed by atoms with Gasteiger partial charge in [0.1, 0.15) is 0 Å². The molecule has 104 valence electrons. The first-order valence-corrected chi connectivity index (χ1v) is 6.57. The molecule has 0 saturated carbocycles. The van der Waals surface area contributed by atoms with Gasteiger partial charge in [-0.05, 0) is 16.3 Å². The number of nitrogens with one attached hydrogen (secondary N) is 2. The van der Waals surface area contributed by atoms with Crippen LogP contribution in [0.2, 0.25) is 0 Å². The lowest BCUT2D eigenvalue weighted by atomic mass is 9.90. The van der Waals surface area contributed by atoms with Gasteiger partial charge in [-0.3, -0.25) is 9.59 Å². The first-order chi connectivity index (χ1) is 9.67. The van der Waals surface area contributed by atoms with Crippen molar-refractivity contribution in [1.29, 1.82) is 0 Å². The number of carbonyl (C=O) groups excluding carboxylic acids is 2. The van der Waals surface area contributed by atoms with E-state index in [1.54, 1.807) is 14.1 Å². The third-order valence-corrected chi connectivity index (χ3v) is 3.43. The van der Waals surface area contributed by atoms with E-state index >= 15 is 0 Å². The minimum Gasteiger partial charge on any atom is -0.359 e. The summed E-state index contributed by atoms with van der Waals surface area (Å²) in [6.07, 6.45) is 0.143. The Morgan fingerprint density at radius 3 is 2.40 bits per heavy atom. The molecule has 0 fully saturated rings. The summed E-state index contributed by atoms with van der Waals surface area (Å²) in [6.45, 7) is 0. The summed E-state index contributed by atoms with van der Waals surface area (Å²) in [5, 5.41) is 7.28.